The summed E-state index contributed by atoms with van der Waals surface area (Å²) in [7, 11) is 0. The van der Waals surface area contributed by atoms with Gasteiger partial charge in [-0.2, -0.15) is 0 Å². The van der Waals surface area contributed by atoms with Gasteiger partial charge in [-0.05, 0) is 40.5 Å². The van der Waals surface area contributed by atoms with Crippen LogP contribution in [-0.4, -0.2) is 24.2 Å². The fourth-order valence-corrected chi connectivity index (χ4v) is 1.69. The maximum Gasteiger partial charge on any atom is 0.275 e. The quantitative estimate of drug-likeness (QED) is 0.644. The smallest absolute Gasteiger partial charge is 0.275 e. The van der Waals surface area contributed by atoms with Gasteiger partial charge in [0, 0.05) is 4.47 Å². The van der Waals surface area contributed by atoms with E-state index in [0.717, 1.165) is 5.56 Å². The van der Waals surface area contributed by atoms with Crippen LogP contribution in [0.15, 0.2) is 22.7 Å². The molecule has 15 heavy (non-hydrogen) atoms. The van der Waals surface area contributed by atoms with Gasteiger partial charge in [-0.15, -0.1) is 0 Å². The summed E-state index contributed by atoms with van der Waals surface area (Å²) in [6, 6.07) is 5.39. The number of amides is 1. The lowest BCUT2D eigenvalue weighted by Gasteiger charge is -2.06. The van der Waals surface area contributed by atoms with Crippen LogP contribution in [0.4, 0.5) is 0 Å². The molecule has 0 heterocycles. The maximum absolute atomic E-state index is 11.5. The SMILES string of the molecule is Cc1ccc(C(=O)NOCCO)c(Br)c1. The van der Waals surface area contributed by atoms with Crippen molar-refractivity contribution in [1.82, 2.24) is 5.48 Å². The lowest BCUT2D eigenvalue weighted by molar-refractivity contribution is 0.0168. The van der Waals surface area contributed by atoms with Gasteiger partial charge in [0.2, 0.25) is 0 Å². The van der Waals surface area contributed by atoms with E-state index >= 15 is 0 Å². The van der Waals surface area contributed by atoms with Crippen LogP contribution in [-0.2, 0) is 4.84 Å². The molecule has 0 aromatic heterocycles. The first-order valence-electron chi connectivity index (χ1n) is 4.44. The Kier molecular flexibility index (Phi) is 4.74. The molecule has 0 atom stereocenters. The molecular formula is C10H12BrNO3. The number of carbonyl (C=O) groups is 1. The van der Waals surface area contributed by atoms with E-state index in [4.69, 9.17) is 9.94 Å². The summed E-state index contributed by atoms with van der Waals surface area (Å²) in [6.45, 7) is 1.89. The summed E-state index contributed by atoms with van der Waals surface area (Å²) in [4.78, 5) is 16.2. The first kappa shape index (κ1) is 12.2. The molecule has 0 radical (unpaired) electrons. The zero-order valence-electron chi connectivity index (χ0n) is 8.29. The average molecular weight is 274 g/mol. The Morgan fingerprint density at radius 2 is 2.33 bits per heavy atom. The Hall–Kier alpha value is -0.910. The molecule has 0 fully saturated rings. The number of carbonyl (C=O) groups excluding carboxylic acids is 1. The molecule has 0 aliphatic carbocycles. The van der Waals surface area contributed by atoms with Gasteiger partial charge in [-0.1, -0.05) is 6.07 Å². The zero-order chi connectivity index (χ0) is 11.3. The molecule has 1 aromatic carbocycles. The van der Waals surface area contributed by atoms with Crippen molar-refractivity contribution in [3.63, 3.8) is 0 Å². The molecule has 1 rings (SSSR count). The highest BCUT2D eigenvalue weighted by atomic mass is 79.9. The number of aliphatic hydroxyl groups excluding tert-OH is 1. The zero-order valence-corrected chi connectivity index (χ0v) is 9.87. The summed E-state index contributed by atoms with van der Waals surface area (Å²) in [5.41, 5.74) is 3.79. The number of aliphatic hydroxyl groups is 1. The van der Waals surface area contributed by atoms with Gasteiger partial charge in [0.15, 0.2) is 0 Å². The molecule has 82 valence electrons. The van der Waals surface area contributed by atoms with Crippen molar-refractivity contribution in [3.05, 3.63) is 33.8 Å². The van der Waals surface area contributed by atoms with Crippen LogP contribution in [0.5, 0.6) is 0 Å². The molecule has 0 aliphatic heterocycles. The van der Waals surface area contributed by atoms with Crippen molar-refractivity contribution in [2.45, 2.75) is 6.92 Å². The maximum atomic E-state index is 11.5. The molecular weight excluding hydrogens is 262 g/mol. The monoisotopic (exact) mass is 273 g/mol. The van der Waals surface area contributed by atoms with Crippen LogP contribution in [0.25, 0.3) is 0 Å². The summed E-state index contributed by atoms with van der Waals surface area (Å²) >= 11 is 3.29. The first-order valence-corrected chi connectivity index (χ1v) is 5.23. The molecule has 0 bridgehead atoms. The fourth-order valence-electron chi connectivity index (χ4n) is 1.02. The Balaban J connectivity index is 2.65. The Morgan fingerprint density at radius 3 is 2.93 bits per heavy atom. The van der Waals surface area contributed by atoms with Crippen LogP contribution in [0.2, 0.25) is 0 Å². The molecule has 4 nitrogen and oxygen atoms in total. The summed E-state index contributed by atoms with van der Waals surface area (Å²) in [5.74, 6) is -0.338. The largest absolute Gasteiger partial charge is 0.394 e. The molecule has 0 unspecified atom stereocenters. The van der Waals surface area contributed by atoms with E-state index in [1.165, 1.54) is 0 Å². The van der Waals surface area contributed by atoms with Crippen LogP contribution in [0.1, 0.15) is 15.9 Å². The third-order valence-corrected chi connectivity index (χ3v) is 2.38. The van der Waals surface area contributed by atoms with Crippen molar-refractivity contribution in [3.8, 4) is 0 Å². The third kappa shape index (κ3) is 3.62. The summed E-state index contributed by atoms with van der Waals surface area (Å²) in [5, 5.41) is 8.46. The molecule has 1 amide bonds. The van der Waals surface area contributed by atoms with Gasteiger partial charge >= 0.3 is 0 Å². The van der Waals surface area contributed by atoms with Crippen LogP contribution in [0, 0.1) is 6.92 Å². The molecule has 0 saturated heterocycles. The van der Waals surface area contributed by atoms with E-state index in [2.05, 4.69) is 21.4 Å². The lowest BCUT2D eigenvalue weighted by Crippen LogP contribution is -2.25. The minimum absolute atomic E-state index is 0.0786. The Bertz CT molecular complexity index is 355. The van der Waals surface area contributed by atoms with Crippen LogP contribution < -0.4 is 5.48 Å². The number of rotatable bonds is 4. The molecule has 5 heteroatoms. The van der Waals surface area contributed by atoms with Gasteiger partial charge in [0.25, 0.3) is 5.91 Å². The van der Waals surface area contributed by atoms with Crippen molar-refractivity contribution in [1.29, 1.82) is 0 Å². The van der Waals surface area contributed by atoms with Crippen molar-refractivity contribution in [2.24, 2.45) is 0 Å². The van der Waals surface area contributed by atoms with E-state index in [1.54, 1.807) is 6.07 Å². The standard InChI is InChI=1S/C10H12BrNO3/c1-7-2-3-8(9(11)6-7)10(14)12-15-5-4-13/h2-3,6,13H,4-5H2,1H3,(H,12,14). The number of hydrogen-bond donors (Lipinski definition) is 2. The highest BCUT2D eigenvalue weighted by Gasteiger charge is 2.09. The second kappa shape index (κ2) is 5.85. The average Bonchev–Trinajstić information content (AvgIpc) is 2.17. The predicted molar refractivity (Wildman–Crippen MR) is 59.4 cm³/mol. The minimum atomic E-state index is -0.338. The highest BCUT2D eigenvalue weighted by molar-refractivity contribution is 9.10. The predicted octanol–water partition coefficient (Wildman–Crippen LogP) is 1.41. The molecule has 0 spiro atoms. The fraction of sp³-hybridized carbons (Fsp3) is 0.300. The topological polar surface area (TPSA) is 58.6 Å². The second-order valence-corrected chi connectivity index (χ2v) is 3.84. The van der Waals surface area contributed by atoms with Gasteiger partial charge in [-0.25, -0.2) is 5.48 Å². The van der Waals surface area contributed by atoms with Crippen LogP contribution >= 0.6 is 15.9 Å². The van der Waals surface area contributed by atoms with Crippen LogP contribution in [0.3, 0.4) is 0 Å². The molecule has 2 N–H and O–H groups in total. The normalized spacial score (nSPS) is 10.1. The Morgan fingerprint density at radius 1 is 1.60 bits per heavy atom. The third-order valence-electron chi connectivity index (χ3n) is 1.73. The molecule has 1 aromatic rings. The molecule has 0 aliphatic rings. The highest BCUT2D eigenvalue weighted by Crippen LogP contribution is 2.17. The summed E-state index contributed by atoms with van der Waals surface area (Å²) < 4.78 is 0.715. The summed E-state index contributed by atoms with van der Waals surface area (Å²) in [6.07, 6.45) is 0. The van der Waals surface area contributed by atoms with E-state index in [0.29, 0.717) is 10.0 Å². The van der Waals surface area contributed by atoms with Crippen molar-refractivity contribution in [2.75, 3.05) is 13.2 Å². The number of hydroxylamine groups is 1. The first-order chi connectivity index (χ1) is 7.15. The number of aryl methyl sites for hydroxylation is 1. The van der Waals surface area contributed by atoms with E-state index < -0.39 is 0 Å². The van der Waals surface area contributed by atoms with Gasteiger partial charge < -0.3 is 5.11 Å². The van der Waals surface area contributed by atoms with E-state index in [1.807, 2.05) is 19.1 Å². The van der Waals surface area contributed by atoms with Crippen molar-refractivity contribution < 1.29 is 14.7 Å². The number of nitrogens with one attached hydrogen (secondary N) is 1. The van der Waals surface area contributed by atoms with E-state index in [-0.39, 0.29) is 19.1 Å². The van der Waals surface area contributed by atoms with Crippen molar-refractivity contribution >= 4 is 21.8 Å². The van der Waals surface area contributed by atoms with Gasteiger partial charge in [-0.3, -0.25) is 9.63 Å². The van der Waals surface area contributed by atoms with E-state index in [9.17, 15) is 4.79 Å². The Labute approximate surface area is 96.3 Å². The number of benzene rings is 1. The molecule has 0 saturated carbocycles. The lowest BCUT2D eigenvalue weighted by atomic mass is 10.1. The van der Waals surface area contributed by atoms with Gasteiger partial charge in [0.05, 0.1) is 18.8 Å². The minimum Gasteiger partial charge on any atom is -0.394 e. The number of halogens is 1. The van der Waals surface area contributed by atoms with Gasteiger partial charge in [0.1, 0.15) is 0 Å². The number of hydrogen-bond acceptors (Lipinski definition) is 3. The second-order valence-electron chi connectivity index (χ2n) is 2.99.